The average Bonchev–Trinajstić information content (AvgIpc) is 2.73. The number of aliphatic carboxylic acids is 1. The lowest BCUT2D eigenvalue weighted by Crippen LogP contribution is -2.34. The van der Waals surface area contributed by atoms with Crippen molar-refractivity contribution in [1.29, 1.82) is 0 Å². The van der Waals surface area contributed by atoms with E-state index in [1.165, 1.54) is 15.9 Å². The number of hydrogen-bond acceptors (Lipinski definition) is 1. The van der Waals surface area contributed by atoms with Crippen molar-refractivity contribution in [3.8, 4) is 0 Å². The Labute approximate surface area is 168 Å². The first kappa shape index (κ1) is 20.3. The van der Waals surface area contributed by atoms with Gasteiger partial charge in [-0.1, -0.05) is 54.6 Å². The van der Waals surface area contributed by atoms with Gasteiger partial charge in [-0.15, -0.1) is 0 Å². The van der Waals surface area contributed by atoms with Crippen molar-refractivity contribution >= 4 is 29.1 Å². The standard InChI is InChI=1S/C25H27O2P/c1-25(2,24(26)27)19-12-20-28(21-13-6-3-7-14-21,22-15-8-4-9-16-22)23-17-10-5-11-18-23/h3-11,13-18H,12,19-20H2,1-2H3/p+1. The van der Waals surface area contributed by atoms with Crippen molar-refractivity contribution in [3.63, 3.8) is 0 Å². The highest BCUT2D eigenvalue weighted by Gasteiger charge is 2.45. The topological polar surface area (TPSA) is 37.3 Å². The second kappa shape index (κ2) is 8.71. The van der Waals surface area contributed by atoms with Gasteiger partial charge in [-0.2, -0.15) is 0 Å². The first-order valence-electron chi connectivity index (χ1n) is 9.75. The van der Waals surface area contributed by atoms with Gasteiger partial charge in [-0.3, -0.25) is 4.79 Å². The summed E-state index contributed by atoms with van der Waals surface area (Å²) in [6, 6.07) is 32.2. The summed E-state index contributed by atoms with van der Waals surface area (Å²) in [4.78, 5) is 11.6. The first-order chi connectivity index (χ1) is 13.5. The molecule has 0 spiro atoms. The lowest BCUT2D eigenvalue weighted by atomic mass is 9.88. The Kier molecular flexibility index (Phi) is 6.31. The molecule has 0 aliphatic carbocycles. The van der Waals surface area contributed by atoms with Crippen molar-refractivity contribution in [1.82, 2.24) is 0 Å². The molecule has 0 bridgehead atoms. The lowest BCUT2D eigenvalue weighted by Gasteiger charge is -2.29. The van der Waals surface area contributed by atoms with Crippen LogP contribution >= 0.6 is 7.26 Å². The van der Waals surface area contributed by atoms with Gasteiger partial charge in [-0.25, -0.2) is 0 Å². The lowest BCUT2D eigenvalue weighted by molar-refractivity contribution is -0.147. The maximum absolute atomic E-state index is 11.6. The Hall–Kier alpha value is -2.44. The normalized spacial score (nSPS) is 11.9. The molecule has 28 heavy (non-hydrogen) atoms. The molecule has 0 radical (unpaired) electrons. The van der Waals surface area contributed by atoms with Crippen LogP contribution in [0.2, 0.25) is 0 Å². The minimum Gasteiger partial charge on any atom is -0.481 e. The van der Waals surface area contributed by atoms with Gasteiger partial charge in [-0.05, 0) is 63.1 Å². The van der Waals surface area contributed by atoms with E-state index in [9.17, 15) is 9.90 Å². The molecule has 3 aromatic carbocycles. The van der Waals surface area contributed by atoms with Crippen molar-refractivity contribution < 1.29 is 9.90 Å². The number of rotatable bonds is 8. The quantitative estimate of drug-likeness (QED) is 0.556. The molecule has 3 rings (SSSR count). The number of carbonyl (C=O) groups is 1. The zero-order valence-electron chi connectivity index (χ0n) is 16.6. The largest absolute Gasteiger partial charge is 0.481 e. The first-order valence-corrected chi connectivity index (χ1v) is 11.7. The zero-order valence-corrected chi connectivity index (χ0v) is 17.5. The average molecular weight is 391 g/mol. The molecule has 0 aliphatic heterocycles. The van der Waals surface area contributed by atoms with Gasteiger partial charge in [0.25, 0.3) is 0 Å². The van der Waals surface area contributed by atoms with E-state index in [4.69, 9.17) is 0 Å². The van der Waals surface area contributed by atoms with Crippen molar-refractivity contribution in [2.24, 2.45) is 5.41 Å². The molecular weight excluding hydrogens is 363 g/mol. The van der Waals surface area contributed by atoms with Crippen LogP contribution in [0.4, 0.5) is 0 Å². The van der Waals surface area contributed by atoms with Gasteiger partial charge in [0, 0.05) is 0 Å². The molecule has 3 heteroatoms. The third-order valence-electron chi connectivity index (χ3n) is 5.47. The number of hydrogen-bond donors (Lipinski definition) is 1. The number of carboxylic acids is 1. The fourth-order valence-corrected chi connectivity index (χ4v) is 8.09. The van der Waals surface area contributed by atoms with E-state index in [-0.39, 0.29) is 0 Å². The molecule has 0 fully saturated rings. The summed E-state index contributed by atoms with van der Waals surface area (Å²) < 4.78 is 0. The zero-order chi connectivity index (χ0) is 20.0. The van der Waals surface area contributed by atoms with E-state index in [0.29, 0.717) is 6.42 Å². The molecule has 0 saturated carbocycles. The Morgan fingerprint density at radius 2 is 1.11 bits per heavy atom. The summed E-state index contributed by atoms with van der Waals surface area (Å²) in [6.07, 6.45) is 2.49. The highest BCUT2D eigenvalue weighted by atomic mass is 31.2. The molecule has 0 unspecified atom stereocenters. The molecule has 0 amide bonds. The fourth-order valence-electron chi connectivity index (χ4n) is 3.75. The minimum absolute atomic E-state index is 0.663. The molecule has 0 aliphatic rings. The van der Waals surface area contributed by atoms with Crippen LogP contribution in [0.3, 0.4) is 0 Å². The molecule has 0 atom stereocenters. The Balaban J connectivity index is 2.10. The molecule has 2 nitrogen and oxygen atoms in total. The van der Waals surface area contributed by atoms with Crippen LogP contribution in [-0.4, -0.2) is 17.2 Å². The van der Waals surface area contributed by atoms with E-state index in [2.05, 4.69) is 91.0 Å². The number of carboxylic acid groups (broad SMARTS) is 1. The molecule has 0 heterocycles. The summed E-state index contributed by atoms with van der Waals surface area (Å²) in [5, 5.41) is 13.6. The van der Waals surface area contributed by atoms with Crippen LogP contribution in [-0.2, 0) is 4.79 Å². The van der Waals surface area contributed by atoms with E-state index in [1.807, 2.05) is 13.8 Å². The van der Waals surface area contributed by atoms with Crippen LogP contribution in [0.1, 0.15) is 26.7 Å². The Morgan fingerprint density at radius 3 is 1.43 bits per heavy atom. The van der Waals surface area contributed by atoms with Crippen LogP contribution in [0.25, 0.3) is 0 Å². The summed E-state index contributed by atoms with van der Waals surface area (Å²) in [5.41, 5.74) is -0.709. The second-order valence-electron chi connectivity index (χ2n) is 7.83. The predicted octanol–water partition coefficient (Wildman–Crippen LogP) is 4.87. The van der Waals surface area contributed by atoms with Gasteiger partial charge < -0.3 is 5.11 Å². The van der Waals surface area contributed by atoms with E-state index < -0.39 is 18.6 Å². The summed E-state index contributed by atoms with van der Waals surface area (Å²) >= 11 is 0. The highest BCUT2D eigenvalue weighted by Crippen LogP contribution is 2.56. The Bertz CT molecular complexity index is 793. The van der Waals surface area contributed by atoms with Gasteiger partial charge in [0.15, 0.2) is 0 Å². The SMILES string of the molecule is CC(C)(CCC[P+](c1ccccc1)(c1ccccc1)c1ccccc1)C(=O)O. The summed E-state index contributed by atoms with van der Waals surface area (Å²) in [7, 11) is -1.86. The maximum Gasteiger partial charge on any atom is 0.309 e. The summed E-state index contributed by atoms with van der Waals surface area (Å²) in [5.74, 6) is -0.726. The Morgan fingerprint density at radius 1 is 0.750 bits per heavy atom. The molecule has 0 aromatic heterocycles. The molecule has 1 N–H and O–H groups in total. The van der Waals surface area contributed by atoms with Crippen LogP contribution < -0.4 is 15.9 Å². The van der Waals surface area contributed by atoms with Crippen LogP contribution in [0, 0.1) is 5.41 Å². The number of benzene rings is 3. The fraction of sp³-hybridized carbons (Fsp3) is 0.240. The van der Waals surface area contributed by atoms with E-state index >= 15 is 0 Å². The maximum atomic E-state index is 11.6. The van der Waals surface area contributed by atoms with Crippen molar-refractivity contribution in [2.45, 2.75) is 26.7 Å². The van der Waals surface area contributed by atoms with Crippen LogP contribution in [0.5, 0.6) is 0 Å². The van der Waals surface area contributed by atoms with E-state index in [1.54, 1.807) is 0 Å². The smallest absolute Gasteiger partial charge is 0.309 e. The molecular formula is C25H28O2P+. The van der Waals surface area contributed by atoms with Crippen LogP contribution in [0.15, 0.2) is 91.0 Å². The van der Waals surface area contributed by atoms with Gasteiger partial charge in [0.2, 0.25) is 0 Å². The third-order valence-corrected chi connectivity index (χ3v) is 9.99. The van der Waals surface area contributed by atoms with Gasteiger partial charge in [0.05, 0.1) is 11.6 Å². The molecule has 0 saturated heterocycles. The molecule has 144 valence electrons. The molecule has 3 aromatic rings. The van der Waals surface area contributed by atoms with Crippen molar-refractivity contribution in [2.75, 3.05) is 6.16 Å². The summed E-state index contributed by atoms with van der Waals surface area (Å²) in [6.45, 7) is 3.64. The highest BCUT2D eigenvalue weighted by molar-refractivity contribution is 7.95. The second-order valence-corrected chi connectivity index (χ2v) is 11.4. The van der Waals surface area contributed by atoms with Crippen molar-refractivity contribution in [3.05, 3.63) is 91.0 Å². The monoisotopic (exact) mass is 391 g/mol. The van der Waals surface area contributed by atoms with Gasteiger partial charge >= 0.3 is 5.97 Å². The van der Waals surface area contributed by atoms with Gasteiger partial charge in [0.1, 0.15) is 23.2 Å². The van der Waals surface area contributed by atoms with E-state index in [0.717, 1.165) is 12.6 Å². The third kappa shape index (κ3) is 4.18. The minimum atomic E-state index is -1.86. The predicted molar refractivity (Wildman–Crippen MR) is 121 cm³/mol.